The van der Waals surface area contributed by atoms with E-state index < -0.39 is 11.9 Å². The number of rotatable bonds is 3. The number of urea groups is 1. The molecule has 0 saturated carbocycles. The van der Waals surface area contributed by atoms with Gasteiger partial charge in [0.2, 0.25) is 0 Å². The predicted octanol–water partition coefficient (Wildman–Crippen LogP) is 1.56. The first-order chi connectivity index (χ1) is 9.90. The Labute approximate surface area is 123 Å². The molecule has 0 spiro atoms. The zero-order valence-electron chi connectivity index (χ0n) is 12.7. The summed E-state index contributed by atoms with van der Waals surface area (Å²) in [5, 5.41) is 16.2. The van der Waals surface area contributed by atoms with Gasteiger partial charge in [0.15, 0.2) is 0 Å². The molecule has 2 rings (SSSR count). The van der Waals surface area contributed by atoms with E-state index in [-0.39, 0.29) is 18.5 Å². The minimum atomic E-state index is -0.840. The number of aromatic nitrogens is 2. The van der Waals surface area contributed by atoms with E-state index in [0.29, 0.717) is 18.8 Å². The summed E-state index contributed by atoms with van der Waals surface area (Å²) in [7, 11) is 1.77. The molecule has 1 aliphatic heterocycles. The van der Waals surface area contributed by atoms with Crippen molar-refractivity contribution in [3.05, 3.63) is 11.8 Å². The molecule has 0 aliphatic carbocycles. The van der Waals surface area contributed by atoms with Crippen LogP contribution in [0.4, 0.5) is 10.6 Å². The second kappa shape index (κ2) is 6.15. The number of aryl methyl sites for hydroxylation is 2. The number of anilines is 1. The molecule has 0 radical (unpaired) electrons. The molecule has 1 saturated heterocycles. The average Bonchev–Trinajstić information content (AvgIpc) is 2.78. The van der Waals surface area contributed by atoms with Gasteiger partial charge in [-0.05, 0) is 18.8 Å². The van der Waals surface area contributed by atoms with Gasteiger partial charge in [0.05, 0.1) is 11.6 Å². The highest BCUT2D eigenvalue weighted by atomic mass is 16.4. The third kappa shape index (κ3) is 3.53. The van der Waals surface area contributed by atoms with Crippen molar-refractivity contribution in [2.24, 2.45) is 18.9 Å². The van der Waals surface area contributed by atoms with Crippen molar-refractivity contribution in [3.8, 4) is 0 Å². The number of hydrogen-bond donors (Lipinski definition) is 2. The van der Waals surface area contributed by atoms with E-state index in [0.717, 1.165) is 12.1 Å². The zero-order chi connectivity index (χ0) is 15.6. The summed E-state index contributed by atoms with van der Waals surface area (Å²) in [4.78, 5) is 25.0. The van der Waals surface area contributed by atoms with Gasteiger partial charge in [-0.15, -0.1) is 0 Å². The van der Waals surface area contributed by atoms with E-state index >= 15 is 0 Å². The van der Waals surface area contributed by atoms with E-state index in [4.69, 9.17) is 5.11 Å². The maximum absolute atomic E-state index is 12.3. The number of nitrogens with zero attached hydrogens (tertiary/aromatic N) is 3. The van der Waals surface area contributed by atoms with Crippen LogP contribution in [0.1, 0.15) is 26.0 Å². The molecule has 116 valence electrons. The topological polar surface area (TPSA) is 87.5 Å². The van der Waals surface area contributed by atoms with Crippen LogP contribution < -0.4 is 5.32 Å². The van der Waals surface area contributed by atoms with Crippen molar-refractivity contribution in [2.45, 2.75) is 26.7 Å². The zero-order valence-corrected chi connectivity index (χ0v) is 12.7. The van der Waals surface area contributed by atoms with Crippen LogP contribution in [0.5, 0.6) is 0 Å². The molecule has 1 aromatic heterocycles. The normalized spacial score (nSPS) is 22.1. The highest BCUT2D eigenvalue weighted by Gasteiger charge is 2.32. The van der Waals surface area contributed by atoms with Crippen LogP contribution in [-0.4, -0.2) is 44.9 Å². The number of amides is 2. The summed E-state index contributed by atoms with van der Waals surface area (Å²) < 4.78 is 1.62. The molecule has 2 N–H and O–H groups in total. The molecule has 1 aromatic rings. The summed E-state index contributed by atoms with van der Waals surface area (Å²) in [6.07, 6.45) is 1.41. The quantitative estimate of drug-likeness (QED) is 0.885. The molecule has 7 nitrogen and oxygen atoms in total. The summed E-state index contributed by atoms with van der Waals surface area (Å²) in [6, 6.07) is 1.57. The molecule has 0 bridgehead atoms. The number of likely N-dealkylation sites (tertiary alicyclic amines) is 1. The van der Waals surface area contributed by atoms with Gasteiger partial charge in [0, 0.05) is 26.2 Å². The first-order valence-electron chi connectivity index (χ1n) is 7.22. The first kappa shape index (κ1) is 15.3. The van der Waals surface area contributed by atoms with Crippen LogP contribution >= 0.6 is 0 Å². The van der Waals surface area contributed by atoms with Crippen molar-refractivity contribution in [2.75, 3.05) is 18.4 Å². The fourth-order valence-corrected chi connectivity index (χ4v) is 2.70. The number of carbonyl (C=O) groups excluding carboxylic acids is 1. The van der Waals surface area contributed by atoms with Crippen molar-refractivity contribution in [3.63, 3.8) is 0 Å². The van der Waals surface area contributed by atoms with E-state index in [9.17, 15) is 9.59 Å². The Morgan fingerprint density at radius 2 is 2.19 bits per heavy atom. The second-order valence-electron chi connectivity index (χ2n) is 5.71. The lowest BCUT2D eigenvalue weighted by Gasteiger charge is -2.34. The van der Waals surface area contributed by atoms with Crippen LogP contribution in [-0.2, 0) is 18.3 Å². The molecule has 2 atom stereocenters. The van der Waals surface area contributed by atoms with Gasteiger partial charge in [-0.25, -0.2) is 4.79 Å². The Morgan fingerprint density at radius 1 is 1.48 bits per heavy atom. The highest BCUT2D eigenvalue weighted by molar-refractivity contribution is 5.89. The predicted molar refractivity (Wildman–Crippen MR) is 78.1 cm³/mol. The van der Waals surface area contributed by atoms with Gasteiger partial charge in [-0.3, -0.25) is 14.8 Å². The minimum absolute atomic E-state index is 0.184. The highest BCUT2D eigenvalue weighted by Crippen LogP contribution is 2.22. The summed E-state index contributed by atoms with van der Waals surface area (Å²) >= 11 is 0. The lowest BCUT2D eigenvalue weighted by molar-refractivity contribution is -0.143. The third-order valence-corrected chi connectivity index (χ3v) is 3.82. The molecule has 0 aromatic carbocycles. The Kier molecular flexibility index (Phi) is 4.50. The van der Waals surface area contributed by atoms with Crippen LogP contribution in [0, 0.1) is 11.8 Å². The smallest absolute Gasteiger partial charge is 0.323 e. The van der Waals surface area contributed by atoms with Gasteiger partial charge in [-0.2, -0.15) is 5.10 Å². The molecule has 2 heterocycles. The van der Waals surface area contributed by atoms with E-state index in [1.54, 1.807) is 16.6 Å². The van der Waals surface area contributed by atoms with Crippen molar-refractivity contribution in [1.29, 1.82) is 0 Å². The van der Waals surface area contributed by atoms with E-state index in [2.05, 4.69) is 10.4 Å². The largest absolute Gasteiger partial charge is 0.481 e. The Hall–Kier alpha value is -2.05. The number of hydrogen-bond acceptors (Lipinski definition) is 3. The summed E-state index contributed by atoms with van der Waals surface area (Å²) in [5.74, 6) is -0.518. The maximum atomic E-state index is 12.3. The number of aliphatic carboxylic acids is 1. The van der Waals surface area contributed by atoms with Crippen LogP contribution in [0.3, 0.4) is 0 Å². The molecule has 2 amide bonds. The van der Waals surface area contributed by atoms with E-state index in [1.165, 1.54) is 0 Å². The van der Waals surface area contributed by atoms with Gasteiger partial charge in [-0.1, -0.05) is 13.8 Å². The Balaban J connectivity index is 2.05. The molecule has 2 unspecified atom stereocenters. The second-order valence-corrected chi connectivity index (χ2v) is 5.71. The van der Waals surface area contributed by atoms with Crippen LogP contribution in [0.15, 0.2) is 6.07 Å². The van der Waals surface area contributed by atoms with Crippen molar-refractivity contribution >= 4 is 17.8 Å². The number of carboxylic acids is 1. The molecular weight excluding hydrogens is 272 g/mol. The minimum Gasteiger partial charge on any atom is -0.481 e. The number of piperidine rings is 1. The Morgan fingerprint density at radius 3 is 2.76 bits per heavy atom. The molecule has 7 heteroatoms. The number of carbonyl (C=O) groups is 2. The molecular formula is C14H22N4O3. The SMILES string of the molecule is CCc1cc(NC(=O)N2CC(C)CC(C(=O)O)C2)n(C)n1. The number of nitrogens with one attached hydrogen (secondary N) is 1. The maximum Gasteiger partial charge on any atom is 0.323 e. The van der Waals surface area contributed by atoms with Gasteiger partial charge >= 0.3 is 12.0 Å². The van der Waals surface area contributed by atoms with Crippen molar-refractivity contribution in [1.82, 2.24) is 14.7 Å². The fourth-order valence-electron chi connectivity index (χ4n) is 2.70. The Bertz CT molecular complexity index is 540. The molecule has 1 fully saturated rings. The molecule has 1 aliphatic rings. The lowest BCUT2D eigenvalue weighted by atomic mass is 9.91. The van der Waals surface area contributed by atoms with Crippen LogP contribution in [0.25, 0.3) is 0 Å². The fraction of sp³-hybridized carbons (Fsp3) is 0.643. The van der Waals surface area contributed by atoms with Gasteiger partial charge < -0.3 is 10.0 Å². The standard InChI is InChI=1S/C14H22N4O3/c1-4-11-6-12(17(3)16-11)15-14(21)18-7-9(2)5-10(8-18)13(19)20/h6,9-10H,4-5,7-8H2,1-3H3,(H,15,21)(H,19,20). The monoisotopic (exact) mass is 294 g/mol. The average molecular weight is 294 g/mol. The third-order valence-electron chi connectivity index (χ3n) is 3.82. The lowest BCUT2D eigenvalue weighted by Crippen LogP contribution is -2.47. The van der Waals surface area contributed by atoms with Crippen molar-refractivity contribution < 1.29 is 14.7 Å². The summed E-state index contributed by atoms with van der Waals surface area (Å²) in [5.41, 5.74) is 0.906. The van der Waals surface area contributed by atoms with Crippen LogP contribution in [0.2, 0.25) is 0 Å². The summed E-state index contributed by atoms with van der Waals surface area (Å²) in [6.45, 7) is 4.80. The first-order valence-corrected chi connectivity index (χ1v) is 7.22. The molecule has 21 heavy (non-hydrogen) atoms. The van der Waals surface area contributed by atoms with E-state index in [1.807, 2.05) is 19.9 Å². The van der Waals surface area contributed by atoms with Gasteiger partial charge in [0.1, 0.15) is 5.82 Å². The number of carboxylic acid groups (broad SMARTS) is 1. The van der Waals surface area contributed by atoms with Gasteiger partial charge in [0.25, 0.3) is 0 Å².